The van der Waals surface area contributed by atoms with Crippen LogP contribution in [0.2, 0.25) is 5.02 Å². The van der Waals surface area contributed by atoms with Gasteiger partial charge in [0.15, 0.2) is 0 Å². The van der Waals surface area contributed by atoms with Crippen molar-refractivity contribution in [3.05, 3.63) is 38.9 Å². The van der Waals surface area contributed by atoms with E-state index in [1.807, 2.05) is 6.92 Å². The number of nitro groups is 1. The second-order valence-corrected chi connectivity index (χ2v) is 4.93. The Kier molecular flexibility index (Phi) is 4.01. The maximum Gasteiger partial charge on any atom is 0.270 e. The molecule has 7 heteroatoms. The van der Waals surface area contributed by atoms with Crippen LogP contribution in [0.4, 0.5) is 5.69 Å². The number of nitrogens with zero attached hydrogens (tertiary/aromatic N) is 2. The zero-order valence-electron chi connectivity index (χ0n) is 10.4. The summed E-state index contributed by atoms with van der Waals surface area (Å²) >= 11 is 5.97. The highest BCUT2D eigenvalue weighted by molar-refractivity contribution is 6.33. The lowest BCUT2D eigenvalue weighted by Gasteiger charge is -2.32. The minimum atomic E-state index is -0.534. The van der Waals surface area contributed by atoms with E-state index < -0.39 is 4.92 Å². The third-order valence-electron chi connectivity index (χ3n) is 3.05. The molecule has 1 aromatic carbocycles. The monoisotopic (exact) mass is 283 g/mol. The standard InChI is InChI=1S/C12H14ClN3O3/c1-8-7-15(5-4-14-8)12(17)10-6-9(16(18)19)2-3-11(10)13/h2-3,6,8,14H,4-5,7H2,1H3/t8-/m1/s1. The highest BCUT2D eigenvalue weighted by Gasteiger charge is 2.24. The van der Waals surface area contributed by atoms with Crippen LogP contribution < -0.4 is 5.32 Å². The number of rotatable bonds is 2. The Hall–Kier alpha value is -1.66. The first-order valence-electron chi connectivity index (χ1n) is 5.95. The fourth-order valence-corrected chi connectivity index (χ4v) is 2.28. The van der Waals surface area contributed by atoms with E-state index in [0.717, 1.165) is 0 Å². The smallest absolute Gasteiger partial charge is 0.270 e. The number of carbonyl (C=O) groups is 1. The topological polar surface area (TPSA) is 75.5 Å². The number of benzene rings is 1. The minimum Gasteiger partial charge on any atom is -0.336 e. The second-order valence-electron chi connectivity index (χ2n) is 4.53. The number of hydrogen-bond acceptors (Lipinski definition) is 4. The van der Waals surface area contributed by atoms with Gasteiger partial charge in [0.25, 0.3) is 11.6 Å². The Morgan fingerprint density at radius 3 is 2.95 bits per heavy atom. The van der Waals surface area contributed by atoms with Gasteiger partial charge in [-0.15, -0.1) is 0 Å². The molecule has 1 aliphatic rings. The van der Waals surface area contributed by atoms with E-state index in [0.29, 0.717) is 19.6 Å². The van der Waals surface area contributed by atoms with Gasteiger partial charge < -0.3 is 10.2 Å². The van der Waals surface area contributed by atoms with Crippen LogP contribution in [0.5, 0.6) is 0 Å². The molecule has 0 aliphatic carbocycles. The molecule has 1 N–H and O–H groups in total. The molecule has 0 bridgehead atoms. The molecule has 1 amide bonds. The Morgan fingerprint density at radius 2 is 2.32 bits per heavy atom. The average molecular weight is 284 g/mol. The van der Waals surface area contributed by atoms with E-state index in [1.165, 1.54) is 18.2 Å². The third kappa shape index (κ3) is 3.02. The summed E-state index contributed by atoms with van der Waals surface area (Å²) in [7, 11) is 0. The minimum absolute atomic E-state index is 0.129. The van der Waals surface area contributed by atoms with Crippen molar-refractivity contribution in [3.63, 3.8) is 0 Å². The number of hydrogen-bond donors (Lipinski definition) is 1. The van der Waals surface area contributed by atoms with Crippen LogP contribution >= 0.6 is 11.6 Å². The summed E-state index contributed by atoms with van der Waals surface area (Å²) in [4.78, 5) is 24.2. The molecule has 19 heavy (non-hydrogen) atoms. The largest absolute Gasteiger partial charge is 0.336 e. The molecular weight excluding hydrogens is 270 g/mol. The van der Waals surface area contributed by atoms with Crippen LogP contribution in [0, 0.1) is 10.1 Å². The van der Waals surface area contributed by atoms with E-state index in [1.54, 1.807) is 4.90 Å². The van der Waals surface area contributed by atoms with Crippen molar-refractivity contribution >= 4 is 23.2 Å². The lowest BCUT2D eigenvalue weighted by molar-refractivity contribution is -0.384. The molecule has 1 atom stereocenters. The van der Waals surface area contributed by atoms with Crippen LogP contribution in [-0.2, 0) is 0 Å². The van der Waals surface area contributed by atoms with E-state index >= 15 is 0 Å². The van der Waals surface area contributed by atoms with Crippen LogP contribution in [-0.4, -0.2) is 41.4 Å². The van der Waals surface area contributed by atoms with E-state index in [-0.39, 0.29) is 28.2 Å². The van der Waals surface area contributed by atoms with Gasteiger partial charge in [0, 0.05) is 37.8 Å². The molecule has 1 fully saturated rings. The fraction of sp³-hybridized carbons (Fsp3) is 0.417. The summed E-state index contributed by atoms with van der Waals surface area (Å²) in [6.45, 7) is 3.83. The summed E-state index contributed by atoms with van der Waals surface area (Å²) in [5.41, 5.74) is 0.0564. The van der Waals surface area contributed by atoms with Crippen molar-refractivity contribution in [2.75, 3.05) is 19.6 Å². The number of non-ortho nitro benzene ring substituents is 1. The quantitative estimate of drug-likeness (QED) is 0.662. The number of piperazine rings is 1. The predicted molar refractivity (Wildman–Crippen MR) is 71.5 cm³/mol. The molecule has 0 spiro atoms. The molecule has 2 rings (SSSR count). The number of amides is 1. The second kappa shape index (κ2) is 5.54. The molecule has 0 saturated carbocycles. The normalized spacial score (nSPS) is 19.3. The van der Waals surface area contributed by atoms with Crippen molar-refractivity contribution in [1.82, 2.24) is 10.2 Å². The van der Waals surface area contributed by atoms with Crippen molar-refractivity contribution in [2.45, 2.75) is 13.0 Å². The lowest BCUT2D eigenvalue weighted by atomic mass is 10.1. The fourth-order valence-electron chi connectivity index (χ4n) is 2.08. The highest BCUT2D eigenvalue weighted by Crippen LogP contribution is 2.23. The third-order valence-corrected chi connectivity index (χ3v) is 3.38. The van der Waals surface area contributed by atoms with E-state index in [4.69, 9.17) is 11.6 Å². The number of halogens is 1. The van der Waals surface area contributed by atoms with Crippen LogP contribution in [0.25, 0.3) is 0 Å². The van der Waals surface area contributed by atoms with Gasteiger partial charge in [-0.1, -0.05) is 11.6 Å². The highest BCUT2D eigenvalue weighted by atomic mass is 35.5. The van der Waals surface area contributed by atoms with Crippen molar-refractivity contribution in [2.24, 2.45) is 0 Å². The molecule has 1 aliphatic heterocycles. The maximum absolute atomic E-state index is 12.3. The molecule has 1 saturated heterocycles. The molecule has 1 heterocycles. The van der Waals surface area contributed by atoms with Crippen molar-refractivity contribution in [1.29, 1.82) is 0 Å². The van der Waals surface area contributed by atoms with Crippen molar-refractivity contribution in [3.8, 4) is 0 Å². The Balaban J connectivity index is 2.27. The van der Waals surface area contributed by atoms with Gasteiger partial charge in [0.1, 0.15) is 0 Å². The van der Waals surface area contributed by atoms with Crippen molar-refractivity contribution < 1.29 is 9.72 Å². The average Bonchev–Trinajstić information content (AvgIpc) is 2.38. The zero-order chi connectivity index (χ0) is 14.0. The summed E-state index contributed by atoms with van der Waals surface area (Å²) in [5.74, 6) is -0.262. The molecule has 0 unspecified atom stereocenters. The Morgan fingerprint density at radius 1 is 1.58 bits per heavy atom. The first-order valence-corrected chi connectivity index (χ1v) is 6.33. The summed E-state index contributed by atoms with van der Waals surface area (Å²) in [6.07, 6.45) is 0. The van der Waals surface area contributed by atoms with Gasteiger partial charge in [-0.2, -0.15) is 0 Å². The first kappa shape index (κ1) is 13.8. The SMILES string of the molecule is C[C@@H]1CN(C(=O)c2cc([N+](=O)[O-])ccc2Cl)CCN1. The van der Waals surface area contributed by atoms with Crippen LogP contribution in [0.1, 0.15) is 17.3 Å². The van der Waals surface area contributed by atoms with Gasteiger partial charge in [-0.3, -0.25) is 14.9 Å². The van der Waals surface area contributed by atoms with Gasteiger partial charge in [-0.25, -0.2) is 0 Å². The van der Waals surface area contributed by atoms with Gasteiger partial charge >= 0.3 is 0 Å². The molecule has 0 radical (unpaired) electrons. The summed E-state index contributed by atoms with van der Waals surface area (Å²) in [6, 6.07) is 4.12. The van der Waals surface area contributed by atoms with Gasteiger partial charge in [0.2, 0.25) is 0 Å². The molecule has 102 valence electrons. The lowest BCUT2D eigenvalue weighted by Crippen LogP contribution is -2.51. The number of nitro benzene ring substituents is 1. The van der Waals surface area contributed by atoms with E-state index in [9.17, 15) is 14.9 Å². The number of carbonyl (C=O) groups excluding carboxylic acids is 1. The maximum atomic E-state index is 12.3. The van der Waals surface area contributed by atoms with Crippen LogP contribution in [0.15, 0.2) is 18.2 Å². The Labute approximate surface area is 115 Å². The first-order chi connectivity index (χ1) is 8.99. The molecular formula is C12H14ClN3O3. The summed E-state index contributed by atoms with van der Waals surface area (Å²) in [5, 5.41) is 14.2. The summed E-state index contributed by atoms with van der Waals surface area (Å²) < 4.78 is 0. The Bertz CT molecular complexity index is 521. The molecule has 1 aromatic rings. The van der Waals surface area contributed by atoms with Crippen LogP contribution in [0.3, 0.4) is 0 Å². The zero-order valence-corrected chi connectivity index (χ0v) is 11.2. The van der Waals surface area contributed by atoms with Gasteiger partial charge in [0.05, 0.1) is 15.5 Å². The predicted octanol–water partition coefficient (Wildman–Crippen LogP) is 1.68. The molecule has 6 nitrogen and oxygen atoms in total. The molecule has 0 aromatic heterocycles. The van der Waals surface area contributed by atoms with Gasteiger partial charge in [-0.05, 0) is 13.0 Å². The number of nitrogens with one attached hydrogen (secondary N) is 1. The van der Waals surface area contributed by atoms with E-state index in [2.05, 4.69) is 5.32 Å².